The van der Waals surface area contributed by atoms with Crippen LogP contribution in [-0.4, -0.2) is 19.7 Å². The van der Waals surface area contributed by atoms with Crippen molar-refractivity contribution in [3.8, 4) is 0 Å². The van der Waals surface area contributed by atoms with Gasteiger partial charge in [-0.15, -0.1) is 11.3 Å². The van der Waals surface area contributed by atoms with Gasteiger partial charge in [-0.3, -0.25) is 0 Å². The summed E-state index contributed by atoms with van der Waals surface area (Å²) < 4.78 is 10.4. The van der Waals surface area contributed by atoms with E-state index in [1.54, 1.807) is 24.5 Å². The fraction of sp³-hybridized carbons (Fsp3) is 0.267. The average Bonchev–Trinajstić information content (AvgIpc) is 2.93. The van der Waals surface area contributed by atoms with Crippen molar-refractivity contribution < 1.29 is 14.3 Å². The van der Waals surface area contributed by atoms with Crippen LogP contribution < -0.4 is 0 Å². The number of benzene rings is 1. The molecule has 0 saturated carbocycles. The van der Waals surface area contributed by atoms with E-state index in [0.29, 0.717) is 18.8 Å². The second-order valence-corrected chi connectivity index (χ2v) is 5.09. The fourth-order valence-corrected chi connectivity index (χ4v) is 2.47. The molecule has 19 heavy (non-hydrogen) atoms. The molecule has 0 unspecified atom stereocenters. The first-order valence-corrected chi connectivity index (χ1v) is 6.95. The Morgan fingerprint density at radius 2 is 2.05 bits per heavy atom. The van der Waals surface area contributed by atoms with Gasteiger partial charge in [0.1, 0.15) is 0 Å². The summed E-state index contributed by atoms with van der Waals surface area (Å²) in [7, 11) is 1.61. The number of rotatable bonds is 6. The van der Waals surface area contributed by atoms with Gasteiger partial charge in [-0.05, 0) is 23.1 Å². The number of esters is 1. The Kier molecular flexibility index (Phi) is 5.12. The van der Waals surface area contributed by atoms with Crippen LogP contribution in [0.3, 0.4) is 0 Å². The number of ether oxygens (including phenoxy) is 2. The Balaban J connectivity index is 1.92. The van der Waals surface area contributed by atoms with Crippen LogP contribution >= 0.6 is 11.3 Å². The van der Waals surface area contributed by atoms with Gasteiger partial charge in [0.25, 0.3) is 0 Å². The van der Waals surface area contributed by atoms with Crippen LogP contribution in [0.4, 0.5) is 0 Å². The topological polar surface area (TPSA) is 35.5 Å². The van der Waals surface area contributed by atoms with Crippen LogP contribution in [0.5, 0.6) is 0 Å². The Labute approximate surface area is 116 Å². The summed E-state index contributed by atoms with van der Waals surface area (Å²) in [5.41, 5.74) is 1.43. The second kappa shape index (κ2) is 7.07. The predicted molar refractivity (Wildman–Crippen MR) is 75.5 cm³/mol. The lowest BCUT2D eigenvalue weighted by molar-refractivity contribution is 0.0505. The van der Waals surface area contributed by atoms with E-state index in [-0.39, 0.29) is 5.97 Å². The number of thiophene rings is 1. The van der Waals surface area contributed by atoms with Crippen molar-refractivity contribution in [2.24, 2.45) is 0 Å². The summed E-state index contributed by atoms with van der Waals surface area (Å²) in [6, 6.07) is 11.4. The van der Waals surface area contributed by atoms with Crippen molar-refractivity contribution in [1.29, 1.82) is 0 Å². The van der Waals surface area contributed by atoms with Crippen LogP contribution in [0.2, 0.25) is 0 Å². The predicted octanol–water partition coefficient (Wildman–Crippen LogP) is 3.29. The molecule has 0 amide bonds. The first-order chi connectivity index (χ1) is 9.31. The highest BCUT2D eigenvalue weighted by atomic mass is 32.1. The van der Waals surface area contributed by atoms with E-state index in [1.807, 2.05) is 35.7 Å². The van der Waals surface area contributed by atoms with Crippen LogP contribution in [0.15, 0.2) is 41.8 Å². The molecular formula is C15H16O3S. The molecule has 0 aliphatic rings. The van der Waals surface area contributed by atoms with Crippen molar-refractivity contribution in [2.75, 3.05) is 13.7 Å². The Hall–Kier alpha value is -1.65. The fourth-order valence-electron chi connectivity index (χ4n) is 1.78. The molecule has 2 aromatic rings. The molecule has 1 aromatic carbocycles. The number of hydrogen-bond donors (Lipinski definition) is 0. The molecule has 3 nitrogen and oxygen atoms in total. The monoisotopic (exact) mass is 276 g/mol. The molecule has 0 saturated heterocycles. The van der Waals surface area contributed by atoms with Gasteiger partial charge < -0.3 is 9.47 Å². The van der Waals surface area contributed by atoms with Crippen molar-refractivity contribution in [2.45, 2.75) is 13.0 Å². The molecule has 1 heterocycles. The number of carbonyl (C=O) groups excluding carboxylic acids is 1. The molecule has 0 aliphatic heterocycles. The highest BCUT2D eigenvalue weighted by Crippen LogP contribution is 2.13. The Bertz CT molecular complexity index is 520. The van der Waals surface area contributed by atoms with E-state index in [9.17, 15) is 4.79 Å². The summed E-state index contributed by atoms with van der Waals surface area (Å²) in [5, 5.41) is 2.02. The summed E-state index contributed by atoms with van der Waals surface area (Å²) >= 11 is 1.67. The first kappa shape index (κ1) is 13.8. The Morgan fingerprint density at radius 1 is 1.21 bits per heavy atom. The lowest BCUT2D eigenvalue weighted by Crippen LogP contribution is -2.10. The minimum absolute atomic E-state index is 0.288. The standard InChI is InChI=1S/C15H16O3S/c1-17-11-12-5-2-3-7-14(12)15(16)18-9-8-13-6-4-10-19-13/h2-7,10H,8-9,11H2,1H3. The molecule has 0 atom stereocenters. The Morgan fingerprint density at radius 3 is 2.79 bits per heavy atom. The first-order valence-electron chi connectivity index (χ1n) is 6.07. The lowest BCUT2D eigenvalue weighted by atomic mass is 10.1. The van der Waals surface area contributed by atoms with Gasteiger partial charge in [-0.25, -0.2) is 4.79 Å². The third-order valence-corrected chi connectivity index (χ3v) is 3.64. The second-order valence-electron chi connectivity index (χ2n) is 4.06. The van der Waals surface area contributed by atoms with Crippen LogP contribution in [-0.2, 0) is 22.5 Å². The molecule has 0 bridgehead atoms. The zero-order valence-corrected chi connectivity index (χ0v) is 11.6. The molecule has 2 rings (SSSR count). The van der Waals surface area contributed by atoms with E-state index in [1.165, 1.54) is 4.88 Å². The third-order valence-electron chi connectivity index (χ3n) is 2.70. The zero-order chi connectivity index (χ0) is 13.5. The lowest BCUT2D eigenvalue weighted by Gasteiger charge is -2.08. The van der Waals surface area contributed by atoms with Gasteiger partial charge in [0, 0.05) is 18.4 Å². The highest BCUT2D eigenvalue weighted by Gasteiger charge is 2.11. The van der Waals surface area contributed by atoms with Crippen molar-refractivity contribution in [3.05, 3.63) is 57.8 Å². The molecule has 0 fully saturated rings. The van der Waals surface area contributed by atoms with Gasteiger partial charge in [-0.2, -0.15) is 0 Å². The SMILES string of the molecule is COCc1ccccc1C(=O)OCCc1cccs1. The molecule has 0 spiro atoms. The maximum Gasteiger partial charge on any atom is 0.338 e. The molecule has 0 radical (unpaired) electrons. The van der Waals surface area contributed by atoms with E-state index < -0.39 is 0 Å². The molecule has 0 N–H and O–H groups in total. The smallest absolute Gasteiger partial charge is 0.338 e. The molecule has 0 aliphatic carbocycles. The number of carbonyl (C=O) groups is 1. The van der Waals surface area contributed by atoms with Crippen LogP contribution in [0.25, 0.3) is 0 Å². The van der Waals surface area contributed by atoms with Gasteiger partial charge >= 0.3 is 5.97 Å². The summed E-state index contributed by atoms with van der Waals surface area (Å²) in [5.74, 6) is -0.288. The quantitative estimate of drug-likeness (QED) is 0.759. The molecule has 100 valence electrons. The molecule has 1 aromatic heterocycles. The van der Waals surface area contributed by atoms with Crippen LogP contribution in [0, 0.1) is 0 Å². The van der Waals surface area contributed by atoms with Crippen molar-refractivity contribution in [3.63, 3.8) is 0 Å². The normalized spacial score (nSPS) is 10.4. The maximum atomic E-state index is 12.0. The van der Waals surface area contributed by atoms with E-state index in [4.69, 9.17) is 9.47 Å². The van der Waals surface area contributed by atoms with E-state index in [2.05, 4.69) is 0 Å². The highest BCUT2D eigenvalue weighted by molar-refractivity contribution is 7.09. The maximum absolute atomic E-state index is 12.0. The minimum Gasteiger partial charge on any atom is -0.462 e. The van der Waals surface area contributed by atoms with E-state index >= 15 is 0 Å². The number of hydrogen-bond acceptors (Lipinski definition) is 4. The van der Waals surface area contributed by atoms with Gasteiger partial charge in [0.15, 0.2) is 0 Å². The minimum atomic E-state index is -0.288. The van der Waals surface area contributed by atoms with Crippen molar-refractivity contribution >= 4 is 17.3 Å². The van der Waals surface area contributed by atoms with Crippen LogP contribution in [0.1, 0.15) is 20.8 Å². The number of methoxy groups -OCH3 is 1. The summed E-state index contributed by atoms with van der Waals surface area (Å²) in [6.07, 6.45) is 0.760. The van der Waals surface area contributed by atoms with Gasteiger partial charge in [0.2, 0.25) is 0 Å². The molecule has 4 heteroatoms. The largest absolute Gasteiger partial charge is 0.462 e. The average molecular weight is 276 g/mol. The van der Waals surface area contributed by atoms with Gasteiger partial charge in [-0.1, -0.05) is 24.3 Å². The summed E-state index contributed by atoms with van der Waals surface area (Å²) in [6.45, 7) is 0.816. The molecular weight excluding hydrogens is 260 g/mol. The summed E-state index contributed by atoms with van der Waals surface area (Å²) in [4.78, 5) is 13.2. The zero-order valence-electron chi connectivity index (χ0n) is 10.8. The van der Waals surface area contributed by atoms with Crippen molar-refractivity contribution in [1.82, 2.24) is 0 Å². The third kappa shape index (κ3) is 3.91. The van der Waals surface area contributed by atoms with E-state index in [0.717, 1.165) is 12.0 Å². The van der Waals surface area contributed by atoms with Gasteiger partial charge in [0.05, 0.1) is 18.8 Å².